The van der Waals surface area contributed by atoms with Crippen LogP contribution in [0.15, 0.2) is 28.7 Å². The summed E-state index contributed by atoms with van der Waals surface area (Å²) >= 11 is 3.49. The monoisotopic (exact) mass is 336 g/mol. The van der Waals surface area contributed by atoms with E-state index in [0.717, 1.165) is 42.6 Å². The molecule has 3 nitrogen and oxygen atoms in total. The molecule has 1 aromatic rings. The summed E-state index contributed by atoms with van der Waals surface area (Å²) in [6.45, 7) is 3.98. The maximum Gasteiger partial charge on any atom is 0.255 e. The molecule has 1 spiro atoms. The fraction of sp³-hybridized carbons (Fsp3) is 0.562. The highest BCUT2D eigenvalue weighted by Crippen LogP contribution is 2.36. The van der Waals surface area contributed by atoms with Gasteiger partial charge in [0.15, 0.2) is 0 Å². The number of hydrogen-bond donors (Lipinski definition) is 1. The number of carbonyl (C=O) groups is 1. The van der Waals surface area contributed by atoms with Gasteiger partial charge in [0.2, 0.25) is 0 Å². The van der Waals surface area contributed by atoms with Gasteiger partial charge in [-0.25, -0.2) is 0 Å². The second kappa shape index (κ2) is 5.86. The molecule has 0 bridgehead atoms. The lowest BCUT2D eigenvalue weighted by molar-refractivity contribution is 0.0433. The number of piperidine rings is 2. The van der Waals surface area contributed by atoms with Gasteiger partial charge in [-0.1, -0.05) is 12.1 Å². The van der Waals surface area contributed by atoms with Crippen LogP contribution in [0, 0.1) is 5.41 Å². The van der Waals surface area contributed by atoms with Crippen LogP contribution in [0.25, 0.3) is 0 Å². The van der Waals surface area contributed by atoms with Gasteiger partial charge in [-0.15, -0.1) is 0 Å². The highest BCUT2D eigenvalue weighted by molar-refractivity contribution is 9.10. The van der Waals surface area contributed by atoms with Crippen LogP contribution >= 0.6 is 15.9 Å². The molecule has 2 aliphatic heterocycles. The van der Waals surface area contributed by atoms with Crippen LogP contribution in [0.4, 0.5) is 0 Å². The second-order valence-corrected chi connectivity index (χ2v) is 6.94. The molecule has 2 heterocycles. The van der Waals surface area contributed by atoms with E-state index in [2.05, 4.69) is 26.1 Å². The van der Waals surface area contributed by atoms with Crippen molar-refractivity contribution in [3.63, 3.8) is 0 Å². The fourth-order valence-corrected chi connectivity index (χ4v) is 4.02. The lowest BCUT2D eigenvalue weighted by Gasteiger charge is -2.45. The van der Waals surface area contributed by atoms with Crippen molar-refractivity contribution in [2.45, 2.75) is 25.7 Å². The maximum absolute atomic E-state index is 12.7. The Morgan fingerprint density at radius 2 is 2.05 bits per heavy atom. The predicted octanol–water partition coefficient (Wildman–Crippen LogP) is 3.05. The number of benzene rings is 1. The summed E-state index contributed by atoms with van der Waals surface area (Å²) in [7, 11) is 0. The minimum absolute atomic E-state index is 0.169. The molecule has 1 N–H and O–H groups in total. The molecule has 1 aromatic carbocycles. The fourth-order valence-electron chi connectivity index (χ4n) is 3.56. The summed E-state index contributed by atoms with van der Waals surface area (Å²) < 4.78 is 0.895. The molecule has 1 unspecified atom stereocenters. The molecule has 1 atom stereocenters. The van der Waals surface area contributed by atoms with E-state index < -0.39 is 0 Å². The van der Waals surface area contributed by atoms with E-state index in [1.54, 1.807) is 0 Å². The van der Waals surface area contributed by atoms with Crippen molar-refractivity contribution in [1.82, 2.24) is 10.2 Å². The first-order valence-electron chi connectivity index (χ1n) is 7.45. The maximum atomic E-state index is 12.7. The molecular weight excluding hydrogens is 316 g/mol. The predicted molar refractivity (Wildman–Crippen MR) is 83.8 cm³/mol. The third kappa shape index (κ3) is 2.77. The van der Waals surface area contributed by atoms with Crippen LogP contribution in [-0.4, -0.2) is 37.0 Å². The van der Waals surface area contributed by atoms with Gasteiger partial charge >= 0.3 is 0 Å². The van der Waals surface area contributed by atoms with Crippen molar-refractivity contribution in [1.29, 1.82) is 0 Å². The molecule has 0 aromatic heterocycles. The normalized spacial score (nSPS) is 26.8. The zero-order valence-corrected chi connectivity index (χ0v) is 13.3. The number of likely N-dealkylation sites (tertiary alicyclic amines) is 1. The molecule has 4 heteroatoms. The third-order valence-corrected chi connectivity index (χ3v) is 5.31. The van der Waals surface area contributed by atoms with Crippen molar-refractivity contribution < 1.29 is 4.79 Å². The standard InChI is InChI=1S/C16H21BrN2O/c17-14-6-2-1-5-13(14)15(20)19-10-4-8-16(12-19)7-3-9-18-11-16/h1-2,5-6,18H,3-4,7-12H2. The van der Waals surface area contributed by atoms with Crippen molar-refractivity contribution in [3.05, 3.63) is 34.3 Å². The van der Waals surface area contributed by atoms with Crippen molar-refractivity contribution in [2.24, 2.45) is 5.41 Å². The van der Waals surface area contributed by atoms with Gasteiger partial charge in [-0.05, 0) is 60.3 Å². The molecule has 0 aliphatic carbocycles. The second-order valence-electron chi connectivity index (χ2n) is 6.09. The van der Waals surface area contributed by atoms with Crippen LogP contribution in [-0.2, 0) is 0 Å². The molecule has 0 radical (unpaired) electrons. The van der Waals surface area contributed by atoms with Crippen LogP contribution < -0.4 is 5.32 Å². The number of amides is 1. The summed E-state index contributed by atoms with van der Waals surface area (Å²) in [4.78, 5) is 14.8. The zero-order valence-electron chi connectivity index (χ0n) is 11.7. The Balaban J connectivity index is 1.77. The van der Waals surface area contributed by atoms with E-state index in [9.17, 15) is 4.79 Å². The van der Waals surface area contributed by atoms with Crippen molar-refractivity contribution in [2.75, 3.05) is 26.2 Å². The Bertz CT molecular complexity index is 491. The zero-order chi connectivity index (χ0) is 14.0. The topological polar surface area (TPSA) is 32.3 Å². The van der Waals surface area contributed by atoms with Gasteiger partial charge < -0.3 is 10.2 Å². The summed E-state index contributed by atoms with van der Waals surface area (Å²) in [6.07, 6.45) is 4.86. The Hall–Kier alpha value is -0.870. The smallest absolute Gasteiger partial charge is 0.255 e. The van der Waals surface area contributed by atoms with Gasteiger partial charge in [0, 0.05) is 29.5 Å². The van der Waals surface area contributed by atoms with Crippen LogP contribution in [0.3, 0.4) is 0 Å². The van der Waals surface area contributed by atoms with Gasteiger partial charge in [-0.2, -0.15) is 0 Å². The van der Waals surface area contributed by atoms with Crippen molar-refractivity contribution >= 4 is 21.8 Å². The number of rotatable bonds is 1. The summed E-state index contributed by atoms with van der Waals surface area (Å²) in [5.74, 6) is 0.169. The van der Waals surface area contributed by atoms with E-state index in [4.69, 9.17) is 0 Å². The van der Waals surface area contributed by atoms with Gasteiger partial charge in [-0.3, -0.25) is 4.79 Å². The summed E-state index contributed by atoms with van der Waals surface area (Å²) in [6, 6.07) is 7.73. The van der Waals surface area contributed by atoms with Crippen LogP contribution in [0.5, 0.6) is 0 Å². The lowest BCUT2D eigenvalue weighted by atomic mass is 9.74. The molecule has 2 aliphatic rings. The molecule has 2 fully saturated rings. The van der Waals surface area contributed by atoms with E-state index >= 15 is 0 Å². The average molecular weight is 337 g/mol. The first-order valence-corrected chi connectivity index (χ1v) is 8.24. The summed E-state index contributed by atoms with van der Waals surface area (Å²) in [5, 5.41) is 3.51. The number of hydrogen-bond acceptors (Lipinski definition) is 2. The number of carbonyl (C=O) groups excluding carboxylic acids is 1. The quantitative estimate of drug-likeness (QED) is 0.854. The van der Waals surface area contributed by atoms with E-state index in [-0.39, 0.29) is 5.91 Å². The first-order chi connectivity index (χ1) is 9.70. The third-order valence-electron chi connectivity index (χ3n) is 4.61. The average Bonchev–Trinajstić information content (AvgIpc) is 2.48. The van der Waals surface area contributed by atoms with Gasteiger partial charge in [0.05, 0.1) is 5.56 Å². The molecule has 20 heavy (non-hydrogen) atoms. The van der Waals surface area contributed by atoms with Crippen LogP contribution in [0.1, 0.15) is 36.0 Å². The molecule has 108 valence electrons. The van der Waals surface area contributed by atoms with E-state index in [0.29, 0.717) is 5.41 Å². The first kappa shape index (κ1) is 14.1. The van der Waals surface area contributed by atoms with E-state index in [1.807, 2.05) is 24.3 Å². The Morgan fingerprint density at radius 1 is 1.25 bits per heavy atom. The largest absolute Gasteiger partial charge is 0.338 e. The number of nitrogens with one attached hydrogen (secondary N) is 1. The van der Waals surface area contributed by atoms with Crippen molar-refractivity contribution in [3.8, 4) is 0 Å². The number of nitrogens with zero attached hydrogens (tertiary/aromatic N) is 1. The van der Waals surface area contributed by atoms with E-state index in [1.165, 1.54) is 19.3 Å². The molecule has 2 saturated heterocycles. The SMILES string of the molecule is O=C(c1ccccc1Br)N1CCCC2(CCCNC2)C1. The molecule has 1 amide bonds. The minimum atomic E-state index is 0.169. The van der Waals surface area contributed by atoms with Crippen LogP contribution in [0.2, 0.25) is 0 Å². The Morgan fingerprint density at radius 3 is 2.80 bits per heavy atom. The minimum Gasteiger partial charge on any atom is -0.338 e. The van der Waals surface area contributed by atoms with Gasteiger partial charge in [0.25, 0.3) is 5.91 Å². The highest BCUT2D eigenvalue weighted by Gasteiger charge is 2.38. The molecule has 0 saturated carbocycles. The number of halogens is 1. The molecule has 3 rings (SSSR count). The Labute approximate surface area is 128 Å². The lowest BCUT2D eigenvalue weighted by Crippen LogP contribution is -2.52. The Kier molecular flexibility index (Phi) is 4.13. The highest BCUT2D eigenvalue weighted by atomic mass is 79.9. The van der Waals surface area contributed by atoms with Gasteiger partial charge in [0.1, 0.15) is 0 Å². The molecular formula is C16H21BrN2O. The summed E-state index contributed by atoms with van der Waals surface area (Å²) in [5.41, 5.74) is 1.10.